The number of carbonyl (C=O) groups is 1. The molecule has 2 aromatic carbocycles. The molecule has 0 radical (unpaired) electrons. The molecular weight excluding hydrogens is 438 g/mol. The summed E-state index contributed by atoms with van der Waals surface area (Å²) in [7, 11) is 1.67. The van der Waals surface area contributed by atoms with Gasteiger partial charge in [0.15, 0.2) is 5.16 Å². The number of hydrogen-bond acceptors (Lipinski definition) is 7. The summed E-state index contributed by atoms with van der Waals surface area (Å²) in [5.41, 5.74) is 4.95. The van der Waals surface area contributed by atoms with Gasteiger partial charge in [0.25, 0.3) is 0 Å². The first-order valence-electron chi connectivity index (χ1n) is 10.6. The second kappa shape index (κ2) is 9.95. The minimum absolute atomic E-state index is 0.386. The van der Waals surface area contributed by atoms with Crippen molar-refractivity contribution in [2.45, 2.75) is 31.7 Å². The Morgan fingerprint density at radius 2 is 1.97 bits per heavy atom. The van der Waals surface area contributed by atoms with Crippen LogP contribution in [0.2, 0.25) is 0 Å². The zero-order valence-corrected chi connectivity index (χ0v) is 19.8. The van der Waals surface area contributed by atoms with Gasteiger partial charge in [-0.25, -0.2) is 9.78 Å². The number of methoxy groups -OCH3 is 1. The number of hydrogen-bond donors (Lipinski definition) is 1. The lowest BCUT2D eigenvalue weighted by Crippen LogP contribution is -2.10. The van der Waals surface area contributed by atoms with Gasteiger partial charge in [0.1, 0.15) is 22.8 Å². The number of nitrogens with one attached hydrogen (secondary N) is 1. The molecule has 0 unspecified atom stereocenters. The van der Waals surface area contributed by atoms with E-state index in [1.165, 1.54) is 0 Å². The summed E-state index contributed by atoms with van der Waals surface area (Å²) in [4.78, 5) is 25.1. The zero-order valence-electron chi connectivity index (χ0n) is 19.0. The fourth-order valence-corrected chi connectivity index (χ4v) is 4.44. The lowest BCUT2D eigenvalue weighted by molar-refractivity contribution is 0.0730. The van der Waals surface area contributed by atoms with Gasteiger partial charge in [-0.1, -0.05) is 23.9 Å². The van der Waals surface area contributed by atoms with Crippen LogP contribution in [0.5, 0.6) is 17.2 Å². The third-order valence-electron chi connectivity index (χ3n) is 5.14. The van der Waals surface area contributed by atoms with Crippen molar-refractivity contribution in [3.8, 4) is 17.2 Å². The highest BCUT2D eigenvalue weighted by atomic mass is 32.2. The Labute approximate surface area is 196 Å². The summed E-state index contributed by atoms with van der Waals surface area (Å²) in [6.07, 6.45) is 1.82. The quantitative estimate of drug-likeness (QED) is 0.210. The first-order valence-corrected chi connectivity index (χ1v) is 11.5. The zero-order chi connectivity index (χ0) is 23.4. The van der Waals surface area contributed by atoms with E-state index in [1.54, 1.807) is 49.2 Å². The van der Waals surface area contributed by atoms with Crippen molar-refractivity contribution in [3.63, 3.8) is 0 Å². The fourth-order valence-electron chi connectivity index (χ4n) is 3.53. The van der Waals surface area contributed by atoms with E-state index in [1.807, 2.05) is 39.1 Å². The van der Waals surface area contributed by atoms with E-state index < -0.39 is 5.97 Å². The van der Waals surface area contributed by atoms with Crippen molar-refractivity contribution >= 4 is 28.8 Å². The van der Waals surface area contributed by atoms with Gasteiger partial charge in [-0.3, -0.25) is 4.98 Å². The van der Waals surface area contributed by atoms with Crippen LogP contribution >= 0.6 is 11.8 Å². The lowest BCUT2D eigenvalue weighted by Gasteiger charge is -2.11. The van der Waals surface area contributed by atoms with Gasteiger partial charge in [0.2, 0.25) is 0 Å². The normalized spacial score (nSPS) is 10.9. The molecule has 7 nitrogen and oxygen atoms in total. The van der Waals surface area contributed by atoms with Gasteiger partial charge in [-0.15, -0.1) is 0 Å². The second-order valence-corrected chi connectivity index (χ2v) is 8.34. The topological polar surface area (TPSA) is 86.3 Å². The van der Waals surface area contributed by atoms with Gasteiger partial charge in [0.05, 0.1) is 30.4 Å². The van der Waals surface area contributed by atoms with Crippen molar-refractivity contribution in [2.75, 3.05) is 13.7 Å². The molecule has 2 heterocycles. The Balaban J connectivity index is 1.49. The number of imidazole rings is 1. The van der Waals surface area contributed by atoms with Gasteiger partial charge in [0, 0.05) is 29.1 Å². The summed E-state index contributed by atoms with van der Waals surface area (Å²) in [5, 5.41) is 0.760. The van der Waals surface area contributed by atoms with E-state index in [2.05, 4.69) is 15.0 Å². The van der Waals surface area contributed by atoms with Gasteiger partial charge >= 0.3 is 5.97 Å². The third kappa shape index (κ3) is 4.96. The Hall–Kier alpha value is -3.52. The number of aromatic nitrogens is 3. The minimum Gasteiger partial charge on any atom is -0.496 e. The summed E-state index contributed by atoms with van der Waals surface area (Å²) in [6.45, 7) is 6.33. The van der Waals surface area contributed by atoms with Crippen LogP contribution in [0, 0.1) is 13.8 Å². The van der Waals surface area contributed by atoms with Crippen molar-refractivity contribution in [1.29, 1.82) is 0 Å². The van der Waals surface area contributed by atoms with Crippen LogP contribution in [0.15, 0.2) is 53.8 Å². The van der Waals surface area contributed by atoms with E-state index in [-0.39, 0.29) is 0 Å². The SMILES string of the molecule is CCOc1ccccc1C(=O)Oc1ccc2nc(SCc3ncc(C)c(OC)c3C)[nH]c2c1. The van der Waals surface area contributed by atoms with Crippen LogP contribution < -0.4 is 14.2 Å². The Bertz CT molecular complexity index is 1300. The Kier molecular flexibility index (Phi) is 6.84. The maximum atomic E-state index is 12.7. The molecule has 4 rings (SSSR count). The molecule has 0 atom stereocenters. The van der Waals surface area contributed by atoms with Gasteiger partial charge in [-0.2, -0.15) is 0 Å². The highest BCUT2D eigenvalue weighted by Crippen LogP contribution is 2.30. The molecule has 0 aliphatic rings. The monoisotopic (exact) mass is 463 g/mol. The number of aromatic amines is 1. The number of aryl methyl sites for hydroxylation is 1. The molecule has 0 saturated carbocycles. The van der Waals surface area contributed by atoms with E-state index in [0.717, 1.165) is 38.8 Å². The second-order valence-electron chi connectivity index (χ2n) is 7.37. The number of thioether (sulfide) groups is 1. The van der Waals surface area contributed by atoms with E-state index >= 15 is 0 Å². The van der Waals surface area contributed by atoms with Crippen LogP contribution in [0.1, 0.15) is 34.1 Å². The van der Waals surface area contributed by atoms with Crippen LogP contribution in [0.25, 0.3) is 11.0 Å². The number of fused-ring (bicyclic) bond motifs is 1. The number of ether oxygens (including phenoxy) is 3. The molecule has 8 heteroatoms. The number of esters is 1. The molecule has 1 N–H and O–H groups in total. The average molecular weight is 464 g/mol. The molecule has 4 aromatic rings. The highest BCUT2D eigenvalue weighted by molar-refractivity contribution is 7.98. The van der Waals surface area contributed by atoms with Crippen molar-refractivity contribution in [1.82, 2.24) is 15.0 Å². The summed E-state index contributed by atoms with van der Waals surface area (Å²) in [6, 6.07) is 12.4. The van der Waals surface area contributed by atoms with Crippen molar-refractivity contribution in [3.05, 3.63) is 71.0 Å². The predicted octanol–water partition coefficient (Wildman–Crippen LogP) is 5.49. The molecule has 0 aliphatic carbocycles. The number of rotatable bonds is 8. The van der Waals surface area contributed by atoms with E-state index in [0.29, 0.717) is 29.4 Å². The molecule has 0 aliphatic heterocycles. The van der Waals surface area contributed by atoms with Crippen molar-refractivity contribution < 1.29 is 19.0 Å². The largest absolute Gasteiger partial charge is 0.496 e. The van der Waals surface area contributed by atoms with E-state index in [9.17, 15) is 4.79 Å². The molecule has 0 saturated heterocycles. The smallest absolute Gasteiger partial charge is 0.347 e. The van der Waals surface area contributed by atoms with Crippen LogP contribution in [0.4, 0.5) is 0 Å². The first kappa shape index (κ1) is 22.7. The molecule has 170 valence electrons. The van der Waals surface area contributed by atoms with Gasteiger partial charge in [-0.05, 0) is 45.0 Å². The molecule has 0 spiro atoms. The van der Waals surface area contributed by atoms with Gasteiger partial charge < -0.3 is 19.2 Å². The maximum absolute atomic E-state index is 12.7. The molecule has 0 bridgehead atoms. The molecule has 2 aromatic heterocycles. The average Bonchev–Trinajstić information content (AvgIpc) is 3.21. The minimum atomic E-state index is -0.470. The Morgan fingerprint density at radius 3 is 2.76 bits per heavy atom. The first-order chi connectivity index (χ1) is 16.0. The lowest BCUT2D eigenvalue weighted by atomic mass is 10.1. The molecule has 33 heavy (non-hydrogen) atoms. The number of H-pyrrole nitrogens is 1. The molecular formula is C25H25N3O4S. The number of nitrogens with zero attached hydrogens (tertiary/aromatic N) is 2. The summed E-state index contributed by atoms with van der Waals surface area (Å²) in [5.74, 6) is 1.98. The molecule has 0 amide bonds. The number of para-hydroxylation sites is 1. The third-order valence-corrected chi connectivity index (χ3v) is 6.03. The Morgan fingerprint density at radius 1 is 1.15 bits per heavy atom. The highest BCUT2D eigenvalue weighted by Gasteiger charge is 2.16. The number of pyridine rings is 1. The molecule has 0 fully saturated rings. The fraction of sp³-hybridized carbons (Fsp3) is 0.240. The predicted molar refractivity (Wildman–Crippen MR) is 128 cm³/mol. The van der Waals surface area contributed by atoms with Crippen LogP contribution in [0.3, 0.4) is 0 Å². The summed E-state index contributed by atoms with van der Waals surface area (Å²) >= 11 is 1.55. The standard InChI is InChI=1S/C25H25N3O4S/c1-5-31-22-9-7-6-8-18(22)24(29)32-17-10-11-19-20(12-17)28-25(27-19)33-14-21-16(3)23(30-4)15(2)13-26-21/h6-13H,5,14H2,1-4H3,(H,27,28). The van der Waals surface area contributed by atoms with E-state index in [4.69, 9.17) is 14.2 Å². The van der Waals surface area contributed by atoms with Crippen LogP contribution in [-0.4, -0.2) is 34.6 Å². The van der Waals surface area contributed by atoms with Crippen LogP contribution in [-0.2, 0) is 5.75 Å². The van der Waals surface area contributed by atoms with Crippen molar-refractivity contribution in [2.24, 2.45) is 0 Å². The number of carbonyl (C=O) groups excluding carboxylic acids is 1. The number of benzene rings is 2. The maximum Gasteiger partial charge on any atom is 0.347 e. The summed E-state index contributed by atoms with van der Waals surface area (Å²) < 4.78 is 16.6.